The van der Waals surface area contributed by atoms with Gasteiger partial charge >= 0.3 is 0 Å². The molecule has 0 heterocycles. The number of nitrogens with one attached hydrogen (secondary N) is 1. The SMILES string of the molecule is CCCCN(C)/C=C(/C#N)C(=O)NC(C)c1ccc(OC)c(OC)c1. The molecule has 1 amide bonds. The van der Waals surface area contributed by atoms with E-state index in [2.05, 4.69) is 12.2 Å². The van der Waals surface area contributed by atoms with Gasteiger partial charge in [-0.1, -0.05) is 19.4 Å². The third kappa shape index (κ3) is 6.03. The van der Waals surface area contributed by atoms with Crippen LogP contribution in [0.5, 0.6) is 11.5 Å². The number of carbonyl (C=O) groups is 1. The van der Waals surface area contributed by atoms with Gasteiger partial charge in [-0.2, -0.15) is 5.26 Å². The Bertz CT molecular complexity index is 650. The highest BCUT2D eigenvalue weighted by molar-refractivity contribution is 5.97. The Hall–Kier alpha value is -2.68. The van der Waals surface area contributed by atoms with Gasteiger partial charge in [0.15, 0.2) is 11.5 Å². The summed E-state index contributed by atoms with van der Waals surface area (Å²) in [4.78, 5) is 14.2. The number of ether oxygens (including phenoxy) is 2. The molecule has 0 aliphatic carbocycles. The normalized spacial score (nSPS) is 12.1. The van der Waals surface area contributed by atoms with Crippen molar-refractivity contribution in [3.63, 3.8) is 0 Å². The molecule has 1 rings (SSSR count). The molecule has 0 saturated carbocycles. The van der Waals surface area contributed by atoms with Crippen molar-refractivity contribution in [1.82, 2.24) is 10.2 Å². The minimum atomic E-state index is -0.395. The third-order valence-electron chi connectivity index (χ3n) is 3.83. The molecule has 0 saturated heterocycles. The molecule has 6 heteroatoms. The van der Waals surface area contributed by atoms with Crippen LogP contribution < -0.4 is 14.8 Å². The molecule has 1 N–H and O–H groups in total. The number of carbonyl (C=O) groups excluding carboxylic acids is 1. The highest BCUT2D eigenvalue weighted by Gasteiger charge is 2.16. The fourth-order valence-electron chi connectivity index (χ4n) is 2.31. The summed E-state index contributed by atoms with van der Waals surface area (Å²) in [5, 5.41) is 12.1. The molecule has 0 fully saturated rings. The second kappa shape index (κ2) is 10.2. The lowest BCUT2D eigenvalue weighted by molar-refractivity contribution is -0.117. The zero-order valence-electron chi connectivity index (χ0n) is 15.6. The topological polar surface area (TPSA) is 74.6 Å². The Morgan fingerprint density at radius 1 is 1.36 bits per heavy atom. The highest BCUT2D eigenvalue weighted by atomic mass is 16.5. The van der Waals surface area contributed by atoms with Crippen LogP contribution in [0.15, 0.2) is 30.0 Å². The van der Waals surface area contributed by atoms with Crippen LogP contribution in [0.25, 0.3) is 0 Å². The van der Waals surface area contributed by atoms with Gasteiger partial charge in [0, 0.05) is 19.8 Å². The molecule has 0 spiro atoms. The number of methoxy groups -OCH3 is 2. The van der Waals surface area contributed by atoms with Crippen LogP contribution in [-0.4, -0.2) is 38.6 Å². The van der Waals surface area contributed by atoms with E-state index in [1.54, 1.807) is 26.5 Å². The lowest BCUT2D eigenvalue weighted by Crippen LogP contribution is -2.29. The zero-order chi connectivity index (χ0) is 18.8. The lowest BCUT2D eigenvalue weighted by Gasteiger charge is -2.17. The Morgan fingerprint density at radius 3 is 2.60 bits per heavy atom. The van der Waals surface area contributed by atoms with Crippen molar-refractivity contribution in [3.05, 3.63) is 35.5 Å². The van der Waals surface area contributed by atoms with Crippen molar-refractivity contribution in [2.45, 2.75) is 32.7 Å². The van der Waals surface area contributed by atoms with E-state index in [1.165, 1.54) is 0 Å². The van der Waals surface area contributed by atoms with E-state index < -0.39 is 5.91 Å². The maximum Gasteiger partial charge on any atom is 0.263 e. The number of benzene rings is 1. The molecule has 0 aliphatic heterocycles. The van der Waals surface area contributed by atoms with Gasteiger partial charge in [-0.25, -0.2) is 0 Å². The van der Waals surface area contributed by atoms with E-state index in [4.69, 9.17) is 9.47 Å². The molecular weight excluding hydrogens is 318 g/mol. The molecule has 136 valence electrons. The molecule has 0 radical (unpaired) electrons. The predicted molar refractivity (Wildman–Crippen MR) is 97.3 cm³/mol. The van der Waals surface area contributed by atoms with Gasteiger partial charge in [-0.3, -0.25) is 4.79 Å². The summed E-state index contributed by atoms with van der Waals surface area (Å²) in [5.41, 5.74) is 0.952. The van der Waals surface area contributed by atoms with E-state index in [1.807, 2.05) is 37.1 Å². The quantitative estimate of drug-likeness (QED) is 0.550. The Kier molecular flexibility index (Phi) is 8.34. The number of nitrogens with zero attached hydrogens (tertiary/aromatic N) is 2. The highest BCUT2D eigenvalue weighted by Crippen LogP contribution is 2.29. The van der Waals surface area contributed by atoms with Gasteiger partial charge in [0.25, 0.3) is 5.91 Å². The smallest absolute Gasteiger partial charge is 0.263 e. The maximum atomic E-state index is 12.4. The van der Waals surface area contributed by atoms with Crippen LogP contribution in [0.4, 0.5) is 0 Å². The first kappa shape index (κ1) is 20.4. The second-order valence-corrected chi connectivity index (χ2v) is 5.80. The van der Waals surface area contributed by atoms with E-state index in [0.29, 0.717) is 11.5 Å². The van der Waals surface area contributed by atoms with Gasteiger partial charge in [0.05, 0.1) is 20.3 Å². The fourth-order valence-corrected chi connectivity index (χ4v) is 2.31. The van der Waals surface area contributed by atoms with Crippen molar-refractivity contribution in [2.24, 2.45) is 0 Å². The van der Waals surface area contributed by atoms with Crippen molar-refractivity contribution in [1.29, 1.82) is 5.26 Å². The predicted octanol–water partition coefficient (Wildman–Crippen LogP) is 3.02. The molecule has 6 nitrogen and oxygen atoms in total. The largest absolute Gasteiger partial charge is 0.493 e. The van der Waals surface area contributed by atoms with Gasteiger partial charge in [-0.05, 0) is 31.0 Å². The van der Waals surface area contributed by atoms with E-state index >= 15 is 0 Å². The number of rotatable bonds is 9. The number of nitriles is 1. The van der Waals surface area contributed by atoms with Crippen LogP contribution in [0.1, 0.15) is 38.3 Å². The van der Waals surface area contributed by atoms with Crippen LogP contribution in [0, 0.1) is 11.3 Å². The summed E-state index contributed by atoms with van der Waals surface area (Å²) in [5.74, 6) is 0.824. The van der Waals surface area contributed by atoms with Crippen molar-refractivity contribution >= 4 is 5.91 Å². The molecule has 0 aromatic heterocycles. The number of unbranched alkanes of at least 4 members (excludes halogenated alkanes) is 1. The molecule has 25 heavy (non-hydrogen) atoms. The number of hydrogen-bond donors (Lipinski definition) is 1. The summed E-state index contributed by atoms with van der Waals surface area (Å²) in [6.45, 7) is 4.76. The molecule has 1 aromatic rings. The zero-order valence-corrected chi connectivity index (χ0v) is 15.6. The van der Waals surface area contributed by atoms with Crippen LogP contribution in [-0.2, 0) is 4.79 Å². The van der Waals surface area contributed by atoms with Crippen LogP contribution in [0.3, 0.4) is 0 Å². The first-order chi connectivity index (χ1) is 12.0. The van der Waals surface area contributed by atoms with Gasteiger partial charge in [-0.15, -0.1) is 0 Å². The minimum Gasteiger partial charge on any atom is -0.493 e. The van der Waals surface area contributed by atoms with Gasteiger partial charge in [0.2, 0.25) is 0 Å². The summed E-state index contributed by atoms with van der Waals surface area (Å²) >= 11 is 0. The monoisotopic (exact) mass is 345 g/mol. The lowest BCUT2D eigenvalue weighted by atomic mass is 10.1. The average Bonchev–Trinajstić information content (AvgIpc) is 2.63. The molecular formula is C19H27N3O3. The van der Waals surface area contributed by atoms with Gasteiger partial charge < -0.3 is 19.7 Å². The van der Waals surface area contributed by atoms with E-state index in [9.17, 15) is 10.1 Å². The third-order valence-corrected chi connectivity index (χ3v) is 3.83. The summed E-state index contributed by atoms with van der Waals surface area (Å²) in [7, 11) is 4.99. The Labute approximate surface area is 150 Å². The standard InChI is InChI=1S/C19H27N3O3/c1-6-7-10-22(3)13-16(12-20)19(23)21-14(2)15-8-9-17(24-4)18(11-15)25-5/h8-9,11,13-14H,6-7,10H2,1-5H3,(H,21,23)/b16-13-. The summed E-state index contributed by atoms with van der Waals surface area (Å²) in [6, 6.07) is 7.15. The van der Waals surface area contributed by atoms with E-state index in [-0.39, 0.29) is 11.6 Å². The average molecular weight is 345 g/mol. The molecule has 1 aromatic carbocycles. The van der Waals surface area contributed by atoms with Crippen molar-refractivity contribution in [3.8, 4) is 17.6 Å². The molecule has 0 aliphatic rings. The molecule has 1 atom stereocenters. The summed E-state index contributed by atoms with van der Waals surface area (Å²) in [6.07, 6.45) is 3.66. The van der Waals surface area contributed by atoms with Gasteiger partial charge in [0.1, 0.15) is 11.6 Å². The van der Waals surface area contributed by atoms with Crippen molar-refractivity contribution < 1.29 is 14.3 Å². The number of hydrogen-bond acceptors (Lipinski definition) is 5. The Morgan fingerprint density at radius 2 is 2.04 bits per heavy atom. The second-order valence-electron chi connectivity index (χ2n) is 5.80. The minimum absolute atomic E-state index is 0.0888. The molecule has 0 bridgehead atoms. The first-order valence-electron chi connectivity index (χ1n) is 8.31. The van der Waals surface area contributed by atoms with Crippen LogP contribution in [0.2, 0.25) is 0 Å². The first-order valence-corrected chi connectivity index (χ1v) is 8.31. The van der Waals surface area contributed by atoms with E-state index in [0.717, 1.165) is 24.9 Å². The van der Waals surface area contributed by atoms with Crippen LogP contribution >= 0.6 is 0 Å². The summed E-state index contributed by atoms with van der Waals surface area (Å²) < 4.78 is 10.5. The number of amides is 1. The van der Waals surface area contributed by atoms with Crippen molar-refractivity contribution in [2.75, 3.05) is 27.8 Å². The fraction of sp³-hybridized carbons (Fsp3) is 0.474. The maximum absolute atomic E-state index is 12.4. The molecule has 1 unspecified atom stereocenters. The Balaban J connectivity index is 2.84.